The van der Waals surface area contributed by atoms with Gasteiger partial charge in [0.15, 0.2) is 0 Å². The Kier molecular flexibility index (Phi) is 4.68. The molecule has 1 aromatic heterocycles. The average molecular weight is 279 g/mol. The highest BCUT2D eigenvalue weighted by molar-refractivity contribution is 5.29. The fraction of sp³-hybridized carbons (Fsp3) is 0.429. The minimum Gasteiger partial charge on any atom is -0.487 e. The Hall–Kier alpha value is -1.95. The van der Waals surface area contributed by atoms with Crippen molar-refractivity contribution in [1.82, 2.24) is 15.6 Å². The molecule has 108 valence electrons. The number of halogens is 1. The van der Waals surface area contributed by atoms with Gasteiger partial charge in [-0.15, -0.1) is 0 Å². The van der Waals surface area contributed by atoms with Crippen molar-refractivity contribution in [3.63, 3.8) is 0 Å². The third kappa shape index (κ3) is 4.03. The van der Waals surface area contributed by atoms with Crippen LogP contribution in [0.2, 0.25) is 0 Å². The van der Waals surface area contributed by atoms with Gasteiger partial charge in [0.1, 0.15) is 29.6 Å². The highest BCUT2D eigenvalue weighted by Gasteiger charge is 2.07. The summed E-state index contributed by atoms with van der Waals surface area (Å²) in [5.74, 6) is 0.144. The van der Waals surface area contributed by atoms with E-state index < -0.39 is 0 Å². The van der Waals surface area contributed by atoms with Gasteiger partial charge in [0.25, 0.3) is 0 Å². The monoisotopic (exact) mass is 279 g/mol. The maximum absolute atomic E-state index is 13.5. The van der Waals surface area contributed by atoms with Gasteiger partial charge < -0.3 is 10.1 Å². The van der Waals surface area contributed by atoms with Crippen LogP contribution in [-0.2, 0) is 13.2 Å². The Morgan fingerprint density at radius 3 is 2.75 bits per heavy atom. The quantitative estimate of drug-likeness (QED) is 0.880. The van der Waals surface area contributed by atoms with Gasteiger partial charge >= 0.3 is 0 Å². The van der Waals surface area contributed by atoms with E-state index in [9.17, 15) is 4.39 Å². The number of nitrogens with zero attached hydrogens (tertiary/aromatic N) is 2. The third-order valence-electron chi connectivity index (χ3n) is 2.77. The van der Waals surface area contributed by atoms with E-state index in [1.54, 1.807) is 13.0 Å². The number of aromatic nitrogens is 2. The molecule has 0 radical (unpaired) electrons. The molecular formula is C14H18FN3O2. The number of ether oxygens (including phenoxy) is 1. The number of rotatable bonds is 6. The summed E-state index contributed by atoms with van der Waals surface area (Å²) >= 11 is 0. The molecule has 0 saturated carbocycles. The second-order valence-electron chi connectivity index (χ2n) is 4.92. The first-order chi connectivity index (χ1) is 9.54. The molecule has 2 rings (SSSR count). The lowest BCUT2D eigenvalue weighted by Gasteiger charge is -2.10. The molecule has 1 heterocycles. The Morgan fingerprint density at radius 2 is 2.10 bits per heavy atom. The van der Waals surface area contributed by atoms with Crippen LogP contribution in [0.3, 0.4) is 0 Å². The van der Waals surface area contributed by atoms with Crippen molar-refractivity contribution in [3.05, 3.63) is 41.0 Å². The minimum absolute atomic E-state index is 0.204. The van der Waals surface area contributed by atoms with Gasteiger partial charge in [-0.2, -0.15) is 0 Å². The summed E-state index contributed by atoms with van der Waals surface area (Å²) in [6.07, 6.45) is 0. The maximum Gasteiger partial charge on any atom is 0.145 e. The molecule has 0 aliphatic carbocycles. The second kappa shape index (κ2) is 6.47. The smallest absolute Gasteiger partial charge is 0.145 e. The standard InChI is InChI=1S/C14H18FN3O2/c1-9(2)16-7-11-4-12(15)6-13(5-11)19-8-14-10(3)17-20-18-14/h4-6,9,16H,7-8H2,1-3H3. The van der Waals surface area contributed by atoms with Crippen LogP contribution >= 0.6 is 0 Å². The van der Waals surface area contributed by atoms with Gasteiger partial charge in [-0.3, -0.25) is 0 Å². The zero-order valence-electron chi connectivity index (χ0n) is 11.8. The molecule has 0 aliphatic rings. The lowest BCUT2D eigenvalue weighted by molar-refractivity contribution is 0.269. The first-order valence-electron chi connectivity index (χ1n) is 6.48. The zero-order chi connectivity index (χ0) is 14.5. The fourth-order valence-electron chi connectivity index (χ4n) is 1.66. The van der Waals surface area contributed by atoms with Crippen molar-refractivity contribution >= 4 is 0 Å². The van der Waals surface area contributed by atoms with Crippen molar-refractivity contribution in [1.29, 1.82) is 0 Å². The van der Waals surface area contributed by atoms with E-state index in [0.29, 0.717) is 29.7 Å². The van der Waals surface area contributed by atoms with Gasteiger partial charge in [-0.05, 0) is 24.6 Å². The van der Waals surface area contributed by atoms with E-state index in [1.807, 2.05) is 13.8 Å². The Labute approximate surface area is 117 Å². The highest BCUT2D eigenvalue weighted by Crippen LogP contribution is 2.18. The Balaban J connectivity index is 2.02. The van der Waals surface area contributed by atoms with E-state index in [-0.39, 0.29) is 12.4 Å². The van der Waals surface area contributed by atoms with Crippen LogP contribution in [0.5, 0.6) is 5.75 Å². The molecule has 5 nitrogen and oxygen atoms in total. The summed E-state index contributed by atoms with van der Waals surface area (Å²) in [7, 11) is 0. The van der Waals surface area contributed by atoms with Crippen LogP contribution in [0.25, 0.3) is 0 Å². The van der Waals surface area contributed by atoms with Crippen LogP contribution in [-0.4, -0.2) is 16.4 Å². The van der Waals surface area contributed by atoms with Crippen LogP contribution in [0.1, 0.15) is 30.8 Å². The largest absolute Gasteiger partial charge is 0.487 e. The van der Waals surface area contributed by atoms with E-state index in [4.69, 9.17) is 4.74 Å². The molecule has 0 fully saturated rings. The number of benzene rings is 1. The summed E-state index contributed by atoms with van der Waals surface area (Å²) in [4.78, 5) is 0. The van der Waals surface area contributed by atoms with Gasteiger partial charge in [0.2, 0.25) is 0 Å². The number of nitrogens with one attached hydrogen (secondary N) is 1. The van der Waals surface area contributed by atoms with Crippen molar-refractivity contribution in [2.45, 2.75) is 40.0 Å². The lowest BCUT2D eigenvalue weighted by atomic mass is 10.2. The van der Waals surface area contributed by atoms with Gasteiger partial charge in [0.05, 0.1) is 0 Å². The van der Waals surface area contributed by atoms with E-state index in [2.05, 4.69) is 20.3 Å². The molecule has 20 heavy (non-hydrogen) atoms. The molecule has 0 unspecified atom stereocenters. The number of aryl methyl sites for hydroxylation is 1. The van der Waals surface area contributed by atoms with Gasteiger partial charge in [-0.1, -0.05) is 24.2 Å². The first kappa shape index (κ1) is 14.5. The average Bonchev–Trinajstić information content (AvgIpc) is 2.79. The third-order valence-corrected chi connectivity index (χ3v) is 2.77. The van der Waals surface area contributed by atoms with Crippen molar-refractivity contribution < 1.29 is 13.8 Å². The number of hydrogen-bond donors (Lipinski definition) is 1. The minimum atomic E-state index is -0.321. The second-order valence-corrected chi connectivity index (χ2v) is 4.92. The van der Waals surface area contributed by atoms with E-state index >= 15 is 0 Å². The zero-order valence-corrected chi connectivity index (χ0v) is 11.8. The molecule has 0 amide bonds. The Bertz CT molecular complexity index is 569. The van der Waals surface area contributed by atoms with Crippen molar-refractivity contribution in [2.24, 2.45) is 0 Å². The summed E-state index contributed by atoms with van der Waals surface area (Å²) in [5.41, 5.74) is 2.11. The number of hydrogen-bond acceptors (Lipinski definition) is 5. The molecule has 2 aromatic rings. The predicted octanol–water partition coefficient (Wildman–Crippen LogP) is 2.59. The van der Waals surface area contributed by atoms with Crippen molar-refractivity contribution in [3.8, 4) is 5.75 Å². The van der Waals surface area contributed by atoms with Gasteiger partial charge in [-0.25, -0.2) is 9.02 Å². The van der Waals surface area contributed by atoms with E-state index in [0.717, 1.165) is 5.56 Å². The maximum atomic E-state index is 13.5. The normalized spacial score (nSPS) is 11.1. The molecule has 0 bridgehead atoms. The van der Waals surface area contributed by atoms with Crippen molar-refractivity contribution in [2.75, 3.05) is 0 Å². The summed E-state index contributed by atoms with van der Waals surface area (Å²) in [6, 6.07) is 4.99. The summed E-state index contributed by atoms with van der Waals surface area (Å²) in [5, 5.41) is 10.6. The highest BCUT2D eigenvalue weighted by atomic mass is 19.1. The molecule has 6 heteroatoms. The molecule has 0 spiro atoms. The molecular weight excluding hydrogens is 261 g/mol. The van der Waals surface area contributed by atoms with E-state index in [1.165, 1.54) is 12.1 Å². The van der Waals surface area contributed by atoms with Crippen LogP contribution in [0.15, 0.2) is 22.8 Å². The van der Waals surface area contributed by atoms with Crippen LogP contribution < -0.4 is 10.1 Å². The van der Waals surface area contributed by atoms with Gasteiger partial charge in [0, 0.05) is 18.7 Å². The molecule has 0 aliphatic heterocycles. The summed E-state index contributed by atoms with van der Waals surface area (Å²) < 4.78 is 23.7. The summed E-state index contributed by atoms with van der Waals surface area (Å²) in [6.45, 7) is 6.65. The SMILES string of the molecule is Cc1nonc1COc1cc(F)cc(CNC(C)C)c1. The predicted molar refractivity (Wildman–Crippen MR) is 71.7 cm³/mol. The topological polar surface area (TPSA) is 60.2 Å². The lowest BCUT2D eigenvalue weighted by Crippen LogP contribution is -2.21. The molecule has 0 atom stereocenters. The first-order valence-corrected chi connectivity index (χ1v) is 6.48. The molecule has 1 aromatic carbocycles. The van der Waals surface area contributed by atoms with Crippen LogP contribution in [0.4, 0.5) is 4.39 Å². The Morgan fingerprint density at radius 1 is 1.30 bits per heavy atom. The molecule has 0 saturated heterocycles. The molecule has 1 N–H and O–H groups in total. The fourth-order valence-corrected chi connectivity index (χ4v) is 1.66. The van der Waals surface area contributed by atoms with Crippen LogP contribution in [0, 0.1) is 12.7 Å².